The maximum absolute atomic E-state index is 7.14. The topological polar surface area (TPSA) is 30.5 Å². The lowest BCUT2D eigenvalue weighted by molar-refractivity contribution is 0.174. The van der Waals surface area contributed by atoms with Gasteiger partial charge in [-0.15, -0.1) is 0 Å². The molecule has 1 atom stereocenters. The van der Waals surface area contributed by atoms with Crippen LogP contribution in [0, 0.1) is 0 Å². The van der Waals surface area contributed by atoms with Crippen LogP contribution < -0.4 is 14.8 Å². The zero-order valence-electron chi connectivity index (χ0n) is 11.7. The minimum absolute atomic E-state index is 0.0265. The highest BCUT2D eigenvalue weighted by molar-refractivity contribution is 5.44. The number of likely N-dealkylation sites (N-methyl/N-ethyl adjacent to an activating group) is 1. The molecule has 1 aliphatic heterocycles. The largest absolute Gasteiger partial charge is 0.454 e. The van der Waals surface area contributed by atoms with Gasteiger partial charge in [-0.2, -0.15) is 0 Å². The van der Waals surface area contributed by atoms with E-state index < -0.39 is 6.85 Å². The molecule has 15 heavy (non-hydrogen) atoms. The first-order chi connectivity index (χ1) is 8.44. The van der Waals surface area contributed by atoms with E-state index in [-0.39, 0.29) is 19.4 Å². The molecule has 2 rings (SSSR count). The number of fused-ring (bicyclic) bond motifs is 1. The molecule has 0 bridgehead atoms. The monoisotopic (exact) mass is 210 g/mol. The van der Waals surface area contributed by atoms with E-state index in [1.54, 1.807) is 0 Å². The zero-order valence-corrected chi connectivity index (χ0v) is 8.75. The second kappa shape index (κ2) is 4.53. The van der Waals surface area contributed by atoms with Gasteiger partial charge in [0.25, 0.3) is 0 Å². The summed E-state index contributed by atoms with van der Waals surface area (Å²) in [6.07, 6.45) is 0.757. The Kier molecular flexibility index (Phi) is 2.15. The molecular weight excluding hydrogens is 190 g/mol. The third-order valence-corrected chi connectivity index (χ3v) is 2.43. The van der Waals surface area contributed by atoms with Gasteiger partial charge in [0.1, 0.15) is 0 Å². The zero-order chi connectivity index (χ0) is 13.2. The van der Waals surface area contributed by atoms with Gasteiger partial charge in [-0.1, -0.05) is 12.9 Å². The van der Waals surface area contributed by atoms with Gasteiger partial charge in [-0.25, -0.2) is 0 Å². The van der Waals surface area contributed by atoms with Gasteiger partial charge < -0.3 is 14.8 Å². The molecule has 0 aliphatic carbocycles. The lowest BCUT2D eigenvalue weighted by Gasteiger charge is -2.12. The van der Waals surface area contributed by atoms with Crippen LogP contribution in [0.4, 0.5) is 0 Å². The highest BCUT2D eigenvalue weighted by atomic mass is 16.7. The summed E-state index contributed by atoms with van der Waals surface area (Å²) >= 11 is 0. The average molecular weight is 210 g/mol. The molecule has 1 N–H and O–H groups in total. The van der Waals surface area contributed by atoms with Gasteiger partial charge >= 0.3 is 0 Å². The Morgan fingerprint density at radius 2 is 2.33 bits per heavy atom. The Balaban J connectivity index is 1.89. The van der Waals surface area contributed by atoms with Gasteiger partial charge in [0.15, 0.2) is 11.5 Å². The molecule has 1 aromatic carbocycles. The fraction of sp³-hybridized carbons (Fsp3) is 0.500. The number of hydrogen-bond donors (Lipinski definition) is 1. The number of ether oxygens (including phenoxy) is 2. The second-order valence-electron chi connectivity index (χ2n) is 3.67. The molecule has 0 radical (unpaired) electrons. The summed E-state index contributed by atoms with van der Waals surface area (Å²) < 4.78 is 32.0. The van der Waals surface area contributed by atoms with E-state index in [9.17, 15) is 0 Å². The number of nitrogens with one attached hydrogen (secondary N) is 1. The van der Waals surface area contributed by atoms with Gasteiger partial charge in [0, 0.05) is 10.2 Å². The lowest BCUT2D eigenvalue weighted by atomic mass is 10.1. The molecule has 82 valence electrons. The van der Waals surface area contributed by atoms with Crippen molar-refractivity contribution >= 4 is 0 Å². The normalized spacial score (nSPS) is 19.1. The summed E-state index contributed by atoms with van der Waals surface area (Å²) in [6, 6.07) is 5.90. The second-order valence-corrected chi connectivity index (χ2v) is 3.67. The maximum atomic E-state index is 7.14. The third kappa shape index (κ3) is 2.42. The summed E-state index contributed by atoms with van der Waals surface area (Å²) in [5, 5.41) is 3.00. The van der Waals surface area contributed by atoms with Crippen LogP contribution in [-0.4, -0.2) is 19.4 Å². The van der Waals surface area contributed by atoms with E-state index in [2.05, 4.69) is 5.32 Å². The minimum atomic E-state index is -1.93. The molecule has 1 heterocycles. The molecule has 1 unspecified atom stereocenters. The Hall–Kier alpha value is -1.22. The van der Waals surface area contributed by atoms with Crippen molar-refractivity contribution in [2.75, 3.05) is 13.3 Å². The van der Waals surface area contributed by atoms with Gasteiger partial charge in [-0.05, 0) is 37.6 Å². The molecule has 0 aromatic heterocycles. The van der Waals surface area contributed by atoms with Crippen LogP contribution in [0.5, 0.6) is 11.5 Å². The molecule has 3 nitrogen and oxygen atoms in total. The fourth-order valence-corrected chi connectivity index (χ4v) is 1.67. The smallest absolute Gasteiger partial charge is 0.231 e. The summed E-state index contributed by atoms with van der Waals surface area (Å²) in [5.74, 6) is 1.53. The molecule has 0 fully saturated rings. The highest BCUT2D eigenvalue weighted by Crippen LogP contribution is 2.32. The quantitative estimate of drug-likeness (QED) is 0.824. The van der Waals surface area contributed by atoms with E-state index in [0.717, 1.165) is 23.5 Å². The highest BCUT2D eigenvalue weighted by Gasteiger charge is 2.13. The van der Waals surface area contributed by atoms with Crippen molar-refractivity contribution in [1.29, 1.82) is 0 Å². The van der Waals surface area contributed by atoms with Crippen molar-refractivity contribution in [3.8, 4) is 11.5 Å². The fourth-order valence-electron chi connectivity index (χ4n) is 1.67. The van der Waals surface area contributed by atoms with Crippen molar-refractivity contribution in [3.63, 3.8) is 0 Å². The van der Waals surface area contributed by atoms with Crippen LogP contribution in [0.25, 0.3) is 0 Å². The minimum Gasteiger partial charge on any atom is -0.454 e. The molecular formula is C12H17NO2. The molecule has 1 aromatic rings. The Labute approximate surface area is 94.6 Å². The third-order valence-electron chi connectivity index (χ3n) is 2.43. The van der Waals surface area contributed by atoms with Crippen molar-refractivity contribution < 1.29 is 13.6 Å². The molecule has 0 amide bonds. The summed E-state index contributed by atoms with van der Waals surface area (Å²) in [5.41, 5.74) is 1.10. The van der Waals surface area contributed by atoms with E-state index in [1.165, 1.54) is 0 Å². The maximum Gasteiger partial charge on any atom is 0.231 e. The first-order valence-corrected chi connectivity index (χ1v) is 5.06. The van der Waals surface area contributed by atoms with Gasteiger partial charge in [-0.3, -0.25) is 0 Å². The van der Waals surface area contributed by atoms with Crippen LogP contribution in [-0.2, 0) is 6.42 Å². The summed E-state index contributed by atoms with van der Waals surface area (Å²) in [7, 11) is 0. The van der Waals surface area contributed by atoms with E-state index in [4.69, 9.17) is 13.6 Å². The predicted octanol–water partition coefficient (Wildman–Crippen LogP) is 1.96. The summed E-state index contributed by atoms with van der Waals surface area (Å²) in [4.78, 5) is 0. The lowest BCUT2D eigenvalue weighted by Crippen LogP contribution is -2.27. The van der Waals surface area contributed by atoms with Crippen molar-refractivity contribution in [2.45, 2.75) is 26.2 Å². The predicted molar refractivity (Wildman–Crippen MR) is 59.4 cm³/mol. The standard InChI is InChI=1S/C12H17NO2/c1-3-13-9(2)6-10-4-5-11-12(7-10)15-8-14-11/h4-5,7,9,13H,3,6,8H2,1-2H3/i1D3. The first-order valence-electron chi connectivity index (χ1n) is 6.56. The molecule has 0 saturated heterocycles. The van der Waals surface area contributed by atoms with Crippen LogP contribution in [0.1, 0.15) is 23.5 Å². The van der Waals surface area contributed by atoms with Gasteiger partial charge in [0.05, 0.1) is 0 Å². The Morgan fingerprint density at radius 3 is 3.20 bits per heavy atom. The van der Waals surface area contributed by atoms with Crippen LogP contribution in [0.3, 0.4) is 0 Å². The Bertz CT molecular complexity index is 420. The van der Waals surface area contributed by atoms with Crippen molar-refractivity contribution in [2.24, 2.45) is 0 Å². The van der Waals surface area contributed by atoms with E-state index >= 15 is 0 Å². The number of hydrogen-bond acceptors (Lipinski definition) is 3. The first kappa shape index (κ1) is 7.12. The van der Waals surface area contributed by atoms with Crippen molar-refractivity contribution in [3.05, 3.63) is 23.8 Å². The summed E-state index contributed by atoms with van der Waals surface area (Å²) in [6.45, 7) is 0.337. The van der Waals surface area contributed by atoms with Crippen LogP contribution in [0.2, 0.25) is 0 Å². The molecule has 0 spiro atoms. The molecule has 0 saturated carbocycles. The Morgan fingerprint density at radius 1 is 1.47 bits per heavy atom. The molecule has 3 heteroatoms. The van der Waals surface area contributed by atoms with E-state index in [1.807, 2.05) is 25.1 Å². The van der Waals surface area contributed by atoms with Crippen LogP contribution >= 0.6 is 0 Å². The SMILES string of the molecule is [2H]C([2H])([2H])CNC(C)Cc1ccc2c(c1)OCO2. The van der Waals surface area contributed by atoms with E-state index in [0.29, 0.717) is 0 Å². The molecule has 1 aliphatic rings. The number of rotatable bonds is 4. The van der Waals surface area contributed by atoms with Crippen LogP contribution in [0.15, 0.2) is 18.2 Å². The average Bonchev–Trinajstić information content (AvgIpc) is 2.72. The number of benzene rings is 1. The van der Waals surface area contributed by atoms with Crippen molar-refractivity contribution in [1.82, 2.24) is 5.32 Å². The van der Waals surface area contributed by atoms with Gasteiger partial charge in [0.2, 0.25) is 6.79 Å².